The Hall–Kier alpha value is -2.40. The Morgan fingerprint density at radius 1 is 1.25 bits per heavy atom. The Kier molecular flexibility index (Phi) is 6.57. The smallest absolute Gasteiger partial charge is 0.416 e. The molecule has 1 aliphatic heterocycles. The third-order valence-electron chi connectivity index (χ3n) is 5.67. The molecule has 0 N–H and O–H groups in total. The fraction of sp³-hybridized carbons (Fsp3) is 0.476. The van der Waals surface area contributed by atoms with Gasteiger partial charge < -0.3 is 13.9 Å². The number of alkyl halides is 3. The zero-order chi connectivity index (χ0) is 22.9. The normalized spacial score (nSPS) is 17.4. The number of hydrogen-bond donors (Lipinski definition) is 0. The number of thioether (sulfide) groups is 1. The first-order valence-corrected chi connectivity index (χ1v) is 11.2. The van der Waals surface area contributed by atoms with E-state index in [4.69, 9.17) is 4.42 Å². The van der Waals surface area contributed by atoms with Gasteiger partial charge in [-0.2, -0.15) is 13.2 Å². The maximum absolute atomic E-state index is 14.3. The van der Waals surface area contributed by atoms with Gasteiger partial charge in [0.2, 0.25) is 5.82 Å². The molecular weight excluding hydrogens is 446 g/mol. The number of hydrogen-bond acceptors (Lipinski definition) is 6. The molecule has 6 nitrogen and oxygen atoms in total. The number of benzene rings is 1. The summed E-state index contributed by atoms with van der Waals surface area (Å²) in [4.78, 5) is 6.30. The fourth-order valence-corrected chi connectivity index (χ4v) is 4.77. The van der Waals surface area contributed by atoms with E-state index in [1.165, 1.54) is 12.5 Å². The van der Waals surface area contributed by atoms with E-state index in [-0.39, 0.29) is 5.92 Å². The van der Waals surface area contributed by atoms with Crippen LogP contribution in [0.5, 0.6) is 0 Å². The van der Waals surface area contributed by atoms with Crippen LogP contribution in [0.15, 0.2) is 34.2 Å². The molecule has 11 heteroatoms. The highest BCUT2D eigenvalue weighted by molar-refractivity contribution is 7.99. The number of aryl methyl sites for hydroxylation is 1. The lowest BCUT2D eigenvalue weighted by Crippen LogP contribution is -2.22. The third kappa shape index (κ3) is 4.83. The lowest BCUT2D eigenvalue weighted by atomic mass is 9.96. The Bertz CT molecular complexity index is 1080. The van der Waals surface area contributed by atoms with Gasteiger partial charge in [-0.05, 0) is 50.6 Å². The minimum atomic E-state index is -4.53. The molecule has 1 saturated heterocycles. The molecule has 0 radical (unpaired) electrons. The molecule has 172 valence electrons. The highest BCUT2D eigenvalue weighted by Crippen LogP contribution is 2.34. The van der Waals surface area contributed by atoms with Crippen LogP contribution in [-0.2, 0) is 13.2 Å². The molecule has 1 aromatic carbocycles. The summed E-state index contributed by atoms with van der Waals surface area (Å²) in [5, 5.41) is 9.19. The molecular formula is C21H23F4N5OS. The van der Waals surface area contributed by atoms with E-state index < -0.39 is 17.6 Å². The molecule has 0 aliphatic carbocycles. The van der Waals surface area contributed by atoms with Gasteiger partial charge in [-0.3, -0.25) is 0 Å². The average Bonchev–Trinajstić information content (AvgIpc) is 3.45. The van der Waals surface area contributed by atoms with Crippen molar-refractivity contribution in [3.8, 4) is 11.6 Å². The van der Waals surface area contributed by atoms with E-state index >= 15 is 0 Å². The summed E-state index contributed by atoms with van der Waals surface area (Å²) >= 11 is 1.59. The maximum atomic E-state index is 14.3. The number of aromatic nitrogens is 4. The van der Waals surface area contributed by atoms with Gasteiger partial charge in [-0.25, -0.2) is 9.37 Å². The SMILES string of the molecule is Cc1ncoc1-c1nnc(SCCCN2CCC(c3ccc(C(F)(F)F)cc3F)C2)n1C. The van der Waals surface area contributed by atoms with Crippen molar-refractivity contribution in [2.75, 3.05) is 25.4 Å². The summed E-state index contributed by atoms with van der Waals surface area (Å²) in [5.41, 5.74) is 0.172. The number of nitrogens with zero attached hydrogens (tertiary/aromatic N) is 5. The second-order valence-electron chi connectivity index (χ2n) is 7.85. The predicted molar refractivity (Wildman–Crippen MR) is 112 cm³/mol. The van der Waals surface area contributed by atoms with Gasteiger partial charge in [0.05, 0.1) is 11.3 Å². The fourth-order valence-electron chi connectivity index (χ4n) is 3.93. The molecule has 1 atom stereocenters. The first-order chi connectivity index (χ1) is 15.2. The second kappa shape index (κ2) is 9.22. The summed E-state index contributed by atoms with van der Waals surface area (Å²) in [6, 6.07) is 2.85. The molecule has 0 saturated carbocycles. The highest BCUT2D eigenvalue weighted by atomic mass is 32.2. The molecule has 0 bridgehead atoms. The molecule has 0 amide bonds. The Balaban J connectivity index is 1.26. The number of oxazole rings is 1. The van der Waals surface area contributed by atoms with E-state index in [0.717, 1.165) is 48.6 Å². The molecule has 3 aromatic rings. The van der Waals surface area contributed by atoms with Crippen LogP contribution < -0.4 is 0 Å². The summed E-state index contributed by atoms with van der Waals surface area (Å²) in [6.07, 6.45) is -1.52. The lowest BCUT2D eigenvalue weighted by molar-refractivity contribution is -0.137. The van der Waals surface area contributed by atoms with Crippen LogP contribution >= 0.6 is 11.8 Å². The second-order valence-corrected chi connectivity index (χ2v) is 8.92. The molecule has 0 spiro atoms. The van der Waals surface area contributed by atoms with Crippen molar-refractivity contribution in [1.29, 1.82) is 0 Å². The van der Waals surface area contributed by atoms with Crippen molar-refractivity contribution in [1.82, 2.24) is 24.6 Å². The first-order valence-electron chi connectivity index (χ1n) is 10.3. The summed E-state index contributed by atoms with van der Waals surface area (Å²) < 4.78 is 59.8. The summed E-state index contributed by atoms with van der Waals surface area (Å²) in [7, 11) is 1.88. The summed E-state index contributed by atoms with van der Waals surface area (Å²) in [6.45, 7) is 4.12. The van der Waals surface area contributed by atoms with Crippen molar-refractivity contribution in [3.05, 3.63) is 47.2 Å². The van der Waals surface area contributed by atoms with E-state index in [2.05, 4.69) is 20.1 Å². The molecule has 1 aliphatic rings. The van der Waals surface area contributed by atoms with Crippen LogP contribution in [-0.4, -0.2) is 50.0 Å². The topological polar surface area (TPSA) is 60.0 Å². The van der Waals surface area contributed by atoms with E-state index in [9.17, 15) is 17.6 Å². The molecule has 3 heterocycles. The van der Waals surface area contributed by atoms with E-state index in [1.807, 2.05) is 18.5 Å². The molecule has 1 unspecified atom stereocenters. The van der Waals surface area contributed by atoms with Crippen molar-refractivity contribution in [2.45, 2.75) is 37.0 Å². The van der Waals surface area contributed by atoms with Gasteiger partial charge in [0.15, 0.2) is 17.3 Å². The Morgan fingerprint density at radius 3 is 2.75 bits per heavy atom. The van der Waals surface area contributed by atoms with Crippen LogP contribution in [0.3, 0.4) is 0 Å². The predicted octanol–water partition coefficient (Wildman–Crippen LogP) is 4.91. The van der Waals surface area contributed by atoms with Gasteiger partial charge in [-0.1, -0.05) is 17.8 Å². The Morgan fingerprint density at radius 2 is 2.06 bits per heavy atom. The van der Waals surface area contributed by atoms with Crippen molar-refractivity contribution >= 4 is 11.8 Å². The van der Waals surface area contributed by atoms with E-state index in [1.54, 1.807) is 11.8 Å². The zero-order valence-electron chi connectivity index (χ0n) is 17.7. The van der Waals surface area contributed by atoms with Gasteiger partial charge in [-0.15, -0.1) is 10.2 Å². The summed E-state index contributed by atoms with van der Waals surface area (Å²) in [5.74, 6) is 1.20. The van der Waals surface area contributed by atoms with Crippen LogP contribution in [0.25, 0.3) is 11.6 Å². The number of halogens is 4. The van der Waals surface area contributed by atoms with Gasteiger partial charge >= 0.3 is 6.18 Å². The maximum Gasteiger partial charge on any atom is 0.416 e. The van der Waals surface area contributed by atoms with Crippen LogP contribution in [0, 0.1) is 12.7 Å². The standard InChI is InChI=1S/C21H23F4N5OS/c1-13-18(31-12-26-13)19-27-28-20(29(19)2)32-9-3-7-30-8-6-14(11-30)16-5-4-15(10-17(16)22)21(23,24)25/h4-5,10,12,14H,3,6-9,11H2,1-2H3. The van der Waals surface area contributed by atoms with Gasteiger partial charge in [0.1, 0.15) is 5.82 Å². The minimum absolute atomic E-state index is 0.0867. The quantitative estimate of drug-likeness (QED) is 0.279. The molecule has 32 heavy (non-hydrogen) atoms. The average molecular weight is 470 g/mol. The molecule has 4 rings (SSSR count). The highest BCUT2D eigenvalue weighted by Gasteiger charge is 2.33. The van der Waals surface area contributed by atoms with Crippen LogP contribution in [0.1, 0.15) is 35.6 Å². The van der Waals surface area contributed by atoms with Crippen molar-refractivity contribution in [2.24, 2.45) is 7.05 Å². The largest absolute Gasteiger partial charge is 0.440 e. The van der Waals surface area contributed by atoms with Crippen molar-refractivity contribution in [3.63, 3.8) is 0 Å². The molecule has 2 aromatic heterocycles. The van der Waals surface area contributed by atoms with Crippen LogP contribution in [0.4, 0.5) is 17.6 Å². The minimum Gasteiger partial charge on any atom is -0.440 e. The first kappa shape index (κ1) is 22.8. The number of rotatable bonds is 7. The third-order valence-corrected chi connectivity index (χ3v) is 6.78. The van der Waals surface area contributed by atoms with E-state index in [0.29, 0.717) is 29.8 Å². The van der Waals surface area contributed by atoms with Gasteiger partial charge in [0, 0.05) is 25.3 Å². The monoisotopic (exact) mass is 469 g/mol. The zero-order valence-corrected chi connectivity index (χ0v) is 18.5. The van der Waals surface area contributed by atoms with Crippen molar-refractivity contribution < 1.29 is 22.0 Å². The van der Waals surface area contributed by atoms with Crippen LogP contribution in [0.2, 0.25) is 0 Å². The Labute approximate surface area is 187 Å². The van der Waals surface area contributed by atoms with Gasteiger partial charge in [0.25, 0.3) is 0 Å². The lowest BCUT2D eigenvalue weighted by Gasteiger charge is -2.17. The molecule has 1 fully saturated rings. The number of likely N-dealkylation sites (tertiary alicyclic amines) is 1.